The van der Waals surface area contributed by atoms with E-state index >= 15 is 0 Å². The molecule has 1 saturated heterocycles. The van der Waals surface area contributed by atoms with Crippen molar-refractivity contribution >= 4 is 11.8 Å². The van der Waals surface area contributed by atoms with Crippen molar-refractivity contribution in [3.05, 3.63) is 23.9 Å². The quantitative estimate of drug-likeness (QED) is 0.574. The van der Waals surface area contributed by atoms with Gasteiger partial charge in [0.25, 0.3) is 0 Å². The summed E-state index contributed by atoms with van der Waals surface area (Å²) in [6.45, 7) is 6.20. The van der Waals surface area contributed by atoms with Crippen LogP contribution in [0.1, 0.15) is 5.69 Å². The first-order valence-corrected chi connectivity index (χ1v) is 8.07. The second-order valence-corrected chi connectivity index (χ2v) is 5.69. The fourth-order valence-corrected chi connectivity index (χ4v) is 2.37. The molecule has 2 heterocycles. The fourth-order valence-electron chi connectivity index (χ4n) is 2.37. The second kappa shape index (κ2) is 9.32. The molecule has 2 rings (SSSR count). The zero-order valence-electron chi connectivity index (χ0n) is 14.4. The zero-order chi connectivity index (χ0) is 16.5. The second-order valence-electron chi connectivity index (χ2n) is 5.69. The van der Waals surface area contributed by atoms with E-state index in [0.29, 0.717) is 6.54 Å². The van der Waals surface area contributed by atoms with Gasteiger partial charge < -0.3 is 20.3 Å². The minimum absolute atomic E-state index is 0.652. The van der Waals surface area contributed by atoms with Crippen molar-refractivity contribution in [2.75, 3.05) is 65.4 Å². The Hall–Kier alpha value is -1.86. The number of hydrogen-bond acceptors (Lipinski definition) is 5. The fraction of sp³-hybridized carbons (Fsp3) is 0.625. The topological polar surface area (TPSA) is 65.0 Å². The van der Waals surface area contributed by atoms with Crippen LogP contribution in [0.25, 0.3) is 0 Å². The van der Waals surface area contributed by atoms with Gasteiger partial charge in [0, 0.05) is 47.3 Å². The Bertz CT molecular complexity index is 499. The molecule has 128 valence electrons. The van der Waals surface area contributed by atoms with Crippen molar-refractivity contribution < 1.29 is 4.74 Å². The SMILES string of the molecule is CN=C(NCCN1CCOCC1)NCc1cccc(N(C)C)n1. The summed E-state index contributed by atoms with van der Waals surface area (Å²) in [7, 11) is 5.77. The molecule has 0 aliphatic carbocycles. The van der Waals surface area contributed by atoms with Crippen molar-refractivity contribution in [2.45, 2.75) is 6.54 Å². The van der Waals surface area contributed by atoms with Crippen LogP contribution in [-0.2, 0) is 11.3 Å². The lowest BCUT2D eigenvalue weighted by Gasteiger charge is -2.26. The maximum absolute atomic E-state index is 5.35. The molecule has 0 spiro atoms. The third kappa shape index (κ3) is 6.03. The predicted molar refractivity (Wildman–Crippen MR) is 94.0 cm³/mol. The van der Waals surface area contributed by atoms with Crippen LogP contribution in [0.5, 0.6) is 0 Å². The predicted octanol–water partition coefficient (Wildman–Crippen LogP) is 0.145. The molecule has 7 nitrogen and oxygen atoms in total. The van der Waals surface area contributed by atoms with E-state index in [2.05, 4.69) is 25.5 Å². The number of pyridine rings is 1. The molecule has 23 heavy (non-hydrogen) atoms. The van der Waals surface area contributed by atoms with Gasteiger partial charge in [-0.05, 0) is 12.1 Å². The molecule has 1 aromatic heterocycles. The number of ether oxygens (including phenoxy) is 1. The largest absolute Gasteiger partial charge is 0.379 e. The number of anilines is 1. The molecule has 0 bridgehead atoms. The molecule has 1 fully saturated rings. The van der Waals surface area contributed by atoms with Crippen LogP contribution in [0.3, 0.4) is 0 Å². The van der Waals surface area contributed by atoms with Crippen molar-refractivity contribution in [3.8, 4) is 0 Å². The summed E-state index contributed by atoms with van der Waals surface area (Å²) in [4.78, 5) is 13.2. The number of hydrogen-bond donors (Lipinski definition) is 2. The molecule has 0 radical (unpaired) electrons. The lowest BCUT2D eigenvalue weighted by molar-refractivity contribution is 0.0389. The highest BCUT2D eigenvalue weighted by Crippen LogP contribution is 2.07. The number of aliphatic imine (C=N–C) groups is 1. The summed E-state index contributed by atoms with van der Waals surface area (Å²) in [5.41, 5.74) is 0.993. The number of nitrogens with one attached hydrogen (secondary N) is 2. The van der Waals surface area contributed by atoms with Crippen LogP contribution < -0.4 is 15.5 Å². The van der Waals surface area contributed by atoms with E-state index in [1.165, 1.54) is 0 Å². The smallest absolute Gasteiger partial charge is 0.191 e. The Labute approximate surface area is 138 Å². The van der Waals surface area contributed by atoms with E-state index in [-0.39, 0.29) is 0 Å². The minimum Gasteiger partial charge on any atom is -0.379 e. The van der Waals surface area contributed by atoms with Gasteiger partial charge in [-0.25, -0.2) is 4.98 Å². The van der Waals surface area contributed by atoms with Gasteiger partial charge in [-0.2, -0.15) is 0 Å². The van der Waals surface area contributed by atoms with E-state index in [1.54, 1.807) is 7.05 Å². The third-order valence-corrected chi connectivity index (χ3v) is 3.74. The summed E-state index contributed by atoms with van der Waals surface area (Å²) in [5.74, 6) is 1.76. The van der Waals surface area contributed by atoms with Crippen molar-refractivity contribution in [3.63, 3.8) is 0 Å². The standard InChI is InChI=1S/C16H28N6O/c1-17-16(18-7-8-22-9-11-23-12-10-22)19-13-14-5-4-6-15(20-14)21(2)3/h4-6H,7-13H2,1-3H3,(H2,17,18,19). The van der Waals surface area contributed by atoms with E-state index in [1.807, 2.05) is 37.2 Å². The highest BCUT2D eigenvalue weighted by Gasteiger charge is 2.09. The zero-order valence-corrected chi connectivity index (χ0v) is 14.4. The lowest BCUT2D eigenvalue weighted by Crippen LogP contribution is -2.44. The molecule has 1 aliphatic heterocycles. The first kappa shape index (κ1) is 17.5. The lowest BCUT2D eigenvalue weighted by atomic mass is 10.3. The maximum Gasteiger partial charge on any atom is 0.191 e. The van der Waals surface area contributed by atoms with Gasteiger partial charge in [-0.1, -0.05) is 6.07 Å². The third-order valence-electron chi connectivity index (χ3n) is 3.74. The van der Waals surface area contributed by atoms with Crippen LogP contribution in [0.4, 0.5) is 5.82 Å². The van der Waals surface area contributed by atoms with Crippen LogP contribution in [0, 0.1) is 0 Å². The molecule has 0 unspecified atom stereocenters. The number of morpholine rings is 1. The number of aromatic nitrogens is 1. The Morgan fingerprint density at radius 3 is 2.78 bits per heavy atom. The Morgan fingerprint density at radius 2 is 2.09 bits per heavy atom. The first-order chi connectivity index (χ1) is 11.2. The summed E-state index contributed by atoms with van der Waals surface area (Å²) in [6.07, 6.45) is 0. The molecule has 0 saturated carbocycles. The van der Waals surface area contributed by atoms with Gasteiger partial charge in [0.05, 0.1) is 25.5 Å². The Balaban J connectivity index is 1.73. The molecule has 0 aromatic carbocycles. The normalized spacial score (nSPS) is 16.2. The van der Waals surface area contributed by atoms with Crippen LogP contribution in [-0.4, -0.2) is 76.4 Å². The number of rotatable bonds is 6. The van der Waals surface area contributed by atoms with Crippen molar-refractivity contribution in [2.24, 2.45) is 4.99 Å². The summed E-state index contributed by atoms with van der Waals surface area (Å²) in [5, 5.41) is 6.65. The highest BCUT2D eigenvalue weighted by atomic mass is 16.5. The van der Waals surface area contributed by atoms with Gasteiger partial charge in [-0.3, -0.25) is 9.89 Å². The van der Waals surface area contributed by atoms with Crippen LogP contribution in [0.2, 0.25) is 0 Å². The van der Waals surface area contributed by atoms with Crippen molar-refractivity contribution in [1.29, 1.82) is 0 Å². The van der Waals surface area contributed by atoms with E-state index in [9.17, 15) is 0 Å². The first-order valence-electron chi connectivity index (χ1n) is 8.07. The van der Waals surface area contributed by atoms with Gasteiger partial charge in [-0.15, -0.1) is 0 Å². The Morgan fingerprint density at radius 1 is 1.30 bits per heavy atom. The summed E-state index contributed by atoms with van der Waals surface area (Å²) >= 11 is 0. The maximum atomic E-state index is 5.35. The molecular formula is C16H28N6O. The summed E-state index contributed by atoms with van der Waals surface area (Å²) in [6, 6.07) is 6.04. The molecule has 2 N–H and O–H groups in total. The van der Waals surface area contributed by atoms with Gasteiger partial charge >= 0.3 is 0 Å². The number of nitrogens with zero attached hydrogens (tertiary/aromatic N) is 4. The summed E-state index contributed by atoms with van der Waals surface area (Å²) < 4.78 is 5.35. The van der Waals surface area contributed by atoms with E-state index in [0.717, 1.165) is 56.9 Å². The van der Waals surface area contributed by atoms with Gasteiger partial charge in [0.1, 0.15) is 5.82 Å². The highest BCUT2D eigenvalue weighted by molar-refractivity contribution is 5.79. The average molecular weight is 320 g/mol. The monoisotopic (exact) mass is 320 g/mol. The Kier molecular flexibility index (Phi) is 7.09. The van der Waals surface area contributed by atoms with E-state index < -0.39 is 0 Å². The molecule has 7 heteroatoms. The van der Waals surface area contributed by atoms with Gasteiger partial charge in [0.2, 0.25) is 0 Å². The van der Waals surface area contributed by atoms with Crippen LogP contribution >= 0.6 is 0 Å². The number of guanidine groups is 1. The molecular weight excluding hydrogens is 292 g/mol. The minimum atomic E-state index is 0.652. The van der Waals surface area contributed by atoms with Gasteiger partial charge in [0.15, 0.2) is 5.96 Å². The molecule has 0 amide bonds. The molecule has 1 aromatic rings. The molecule has 1 aliphatic rings. The average Bonchev–Trinajstić information content (AvgIpc) is 2.59. The molecule has 0 atom stereocenters. The van der Waals surface area contributed by atoms with Crippen LogP contribution in [0.15, 0.2) is 23.2 Å². The van der Waals surface area contributed by atoms with Crippen molar-refractivity contribution in [1.82, 2.24) is 20.5 Å². The van der Waals surface area contributed by atoms with E-state index in [4.69, 9.17) is 4.74 Å².